The van der Waals surface area contributed by atoms with Crippen LogP contribution in [0.25, 0.3) is 0 Å². The lowest BCUT2D eigenvalue weighted by Gasteiger charge is -2.54. The van der Waals surface area contributed by atoms with Gasteiger partial charge in [-0.3, -0.25) is 9.89 Å². The molecule has 4 aliphatic rings. The summed E-state index contributed by atoms with van der Waals surface area (Å²) in [5.41, 5.74) is 0. The van der Waals surface area contributed by atoms with Crippen LogP contribution < -0.4 is 5.32 Å². The van der Waals surface area contributed by atoms with Gasteiger partial charge in [0.25, 0.3) is 5.91 Å². The van der Waals surface area contributed by atoms with E-state index in [0.29, 0.717) is 23.7 Å². The molecule has 0 atom stereocenters. The van der Waals surface area contributed by atoms with Gasteiger partial charge in [0.05, 0.1) is 0 Å². The third kappa shape index (κ3) is 1.56. The third-order valence-electron chi connectivity index (χ3n) is 5.15. The van der Waals surface area contributed by atoms with Crippen molar-refractivity contribution in [1.29, 1.82) is 0 Å². The fourth-order valence-corrected chi connectivity index (χ4v) is 4.70. The Hall–Kier alpha value is -1.39. The van der Waals surface area contributed by atoms with Crippen molar-refractivity contribution in [3.05, 3.63) is 12.2 Å². The number of hydrogen-bond donors (Lipinski definition) is 2. The molecule has 5 heteroatoms. The standard InChI is InChI=1S/C13H18N4O/c18-13(12-14-6-15-17-12)16-11-9-2-7-1-8(4-9)5-10(11)3-7/h6-11H,1-5H2,(H,16,18)(H,14,15,17). The summed E-state index contributed by atoms with van der Waals surface area (Å²) >= 11 is 0. The molecule has 0 spiro atoms. The Labute approximate surface area is 106 Å². The zero-order valence-corrected chi connectivity index (χ0v) is 10.3. The smallest absolute Gasteiger partial charge is 0.288 e. The molecule has 1 aromatic heterocycles. The van der Waals surface area contributed by atoms with E-state index in [1.54, 1.807) is 0 Å². The first-order valence-electron chi connectivity index (χ1n) is 6.96. The molecule has 0 aliphatic heterocycles. The predicted octanol–water partition coefficient (Wildman–Crippen LogP) is 1.36. The topological polar surface area (TPSA) is 70.7 Å². The molecule has 4 saturated carbocycles. The minimum absolute atomic E-state index is 0.0926. The number of amides is 1. The highest BCUT2D eigenvalue weighted by atomic mass is 16.2. The van der Waals surface area contributed by atoms with Crippen molar-refractivity contribution in [1.82, 2.24) is 20.5 Å². The molecule has 1 heterocycles. The van der Waals surface area contributed by atoms with E-state index < -0.39 is 0 Å². The van der Waals surface area contributed by atoms with Gasteiger partial charge in [0, 0.05) is 6.04 Å². The van der Waals surface area contributed by atoms with E-state index >= 15 is 0 Å². The van der Waals surface area contributed by atoms with Gasteiger partial charge >= 0.3 is 0 Å². The maximum atomic E-state index is 12.1. The number of aromatic amines is 1. The van der Waals surface area contributed by atoms with Gasteiger partial charge in [-0.1, -0.05) is 0 Å². The fraction of sp³-hybridized carbons (Fsp3) is 0.769. The van der Waals surface area contributed by atoms with Gasteiger partial charge in [0.2, 0.25) is 5.82 Å². The highest BCUT2D eigenvalue weighted by molar-refractivity contribution is 5.90. The summed E-state index contributed by atoms with van der Waals surface area (Å²) in [5.74, 6) is 3.52. The summed E-state index contributed by atoms with van der Waals surface area (Å²) in [6.07, 6.45) is 8.08. The van der Waals surface area contributed by atoms with Crippen LogP contribution in [0, 0.1) is 23.7 Å². The summed E-state index contributed by atoms with van der Waals surface area (Å²) in [6, 6.07) is 0.371. The van der Waals surface area contributed by atoms with Crippen LogP contribution in [0.4, 0.5) is 0 Å². The first kappa shape index (κ1) is 10.5. The van der Waals surface area contributed by atoms with E-state index in [1.807, 2.05) is 0 Å². The van der Waals surface area contributed by atoms with Crippen molar-refractivity contribution in [3.63, 3.8) is 0 Å². The molecule has 0 aromatic carbocycles. The largest absolute Gasteiger partial charge is 0.346 e. The van der Waals surface area contributed by atoms with E-state index in [0.717, 1.165) is 11.8 Å². The molecule has 96 valence electrons. The lowest BCUT2D eigenvalue weighted by molar-refractivity contribution is -0.0120. The molecule has 1 amide bonds. The molecule has 4 aliphatic carbocycles. The van der Waals surface area contributed by atoms with E-state index in [2.05, 4.69) is 20.5 Å². The van der Waals surface area contributed by atoms with Crippen LogP contribution in [0.3, 0.4) is 0 Å². The highest BCUT2D eigenvalue weighted by Crippen LogP contribution is 2.53. The molecule has 5 rings (SSSR count). The van der Waals surface area contributed by atoms with Gasteiger partial charge in [0.15, 0.2) is 0 Å². The zero-order chi connectivity index (χ0) is 12.1. The lowest BCUT2D eigenvalue weighted by Crippen LogP contribution is -2.55. The van der Waals surface area contributed by atoms with E-state index in [1.165, 1.54) is 38.4 Å². The molecular weight excluding hydrogens is 228 g/mol. The van der Waals surface area contributed by atoms with Crippen molar-refractivity contribution in [3.8, 4) is 0 Å². The van der Waals surface area contributed by atoms with Crippen molar-refractivity contribution >= 4 is 5.91 Å². The van der Waals surface area contributed by atoms with Crippen molar-refractivity contribution in [2.45, 2.75) is 38.1 Å². The quantitative estimate of drug-likeness (QED) is 0.827. The van der Waals surface area contributed by atoms with E-state index in [9.17, 15) is 4.79 Å². The van der Waals surface area contributed by atoms with Gasteiger partial charge in [-0.05, 0) is 55.8 Å². The molecule has 0 radical (unpaired) electrons. The van der Waals surface area contributed by atoms with E-state index in [4.69, 9.17) is 0 Å². The van der Waals surface area contributed by atoms with Gasteiger partial charge in [-0.15, -0.1) is 0 Å². The number of rotatable bonds is 2. The SMILES string of the molecule is O=C(NC1C2CC3CC(C2)CC1C3)c1ncn[nH]1. The molecule has 0 saturated heterocycles. The van der Waals surface area contributed by atoms with Crippen LogP contribution in [0.2, 0.25) is 0 Å². The number of carbonyl (C=O) groups excluding carboxylic acids is 1. The fourth-order valence-electron chi connectivity index (χ4n) is 4.70. The third-order valence-corrected chi connectivity index (χ3v) is 5.15. The number of H-pyrrole nitrogens is 1. The summed E-state index contributed by atoms with van der Waals surface area (Å²) < 4.78 is 0. The molecule has 5 nitrogen and oxygen atoms in total. The second-order valence-corrected chi connectivity index (χ2v) is 6.26. The summed E-state index contributed by atoms with van der Waals surface area (Å²) in [7, 11) is 0. The maximum absolute atomic E-state index is 12.1. The van der Waals surface area contributed by atoms with Crippen LogP contribution in [-0.2, 0) is 0 Å². The summed E-state index contributed by atoms with van der Waals surface area (Å²) in [5, 5.41) is 9.56. The Morgan fingerprint density at radius 3 is 2.39 bits per heavy atom. The average Bonchev–Trinajstić information content (AvgIpc) is 2.86. The normalized spacial score (nSPS) is 41.0. The first-order valence-corrected chi connectivity index (χ1v) is 6.96. The zero-order valence-electron chi connectivity index (χ0n) is 10.3. The van der Waals surface area contributed by atoms with Gasteiger partial charge in [-0.25, -0.2) is 4.98 Å². The number of nitrogens with zero attached hydrogens (tertiary/aromatic N) is 2. The Morgan fingerprint density at radius 1 is 1.17 bits per heavy atom. The Morgan fingerprint density at radius 2 is 1.83 bits per heavy atom. The number of nitrogens with one attached hydrogen (secondary N) is 2. The predicted molar refractivity (Wildman–Crippen MR) is 64.7 cm³/mol. The highest BCUT2D eigenvalue weighted by Gasteiger charge is 2.48. The average molecular weight is 246 g/mol. The minimum atomic E-state index is -0.0926. The monoisotopic (exact) mass is 246 g/mol. The van der Waals surface area contributed by atoms with Crippen molar-refractivity contribution in [2.24, 2.45) is 23.7 Å². The van der Waals surface area contributed by atoms with Crippen LogP contribution in [-0.4, -0.2) is 27.1 Å². The second kappa shape index (κ2) is 3.80. The minimum Gasteiger partial charge on any atom is -0.346 e. The maximum Gasteiger partial charge on any atom is 0.288 e. The molecular formula is C13H18N4O. The van der Waals surface area contributed by atoms with Gasteiger partial charge in [0.1, 0.15) is 6.33 Å². The number of aromatic nitrogens is 3. The second-order valence-electron chi connectivity index (χ2n) is 6.26. The Bertz CT molecular complexity index is 428. The Balaban J connectivity index is 1.50. The summed E-state index contributed by atoms with van der Waals surface area (Å²) in [4.78, 5) is 16.0. The van der Waals surface area contributed by atoms with Crippen LogP contribution >= 0.6 is 0 Å². The molecule has 18 heavy (non-hydrogen) atoms. The van der Waals surface area contributed by atoms with Crippen LogP contribution in [0.15, 0.2) is 6.33 Å². The Kier molecular flexibility index (Phi) is 2.22. The molecule has 0 unspecified atom stereocenters. The van der Waals surface area contributed by atoms with Gasteiger partial charge < -0.3 is 5.32 Å². The van der Waals surface area contributed by atoms with Crippen LogP contribution in [0.1, 0.15) is 42.7 Å². The molecule has 2 N–H and O–H groups in total. The number of carbonyl (C=O) groups is 1. The molecule has 4 bridgehead atoms. The van der Waals surface area contributed by atoms with Crippen LogP contribution in [0.5, 0.6) is 0 Å². The molecule has 4 fully saturated rings. The van der Waals surface area contributed by atoms with E-state index in [-0.39, 0.29) is 5.91 Å². The van der Waals surface area contributed by atoms with Gasteiger partial charge in [-0.2, -0.15) is 5.10 Å². The van der Waals surface area contributed by atoms with Crippen molar-refractivity contribution in [2.75, 3.05) is 0 Å². The first-order chi connectivity index (χ1) is 8.79. The molecule has 1 aromatic rings. The summed E-state index contributed by atoms with van der Waals surface area (Å²) in [6.45, 7) is 0. The lowest BCUT2D eigenvalue weighted by atomic mass is 9.54. The van der Waals surface area contributed by atoms with Crippen molar-refractivity contribution < 1.29 is 4.79 Å². The number of hydrogen-bond acceptors (Lipinski definition) is 3.